The molecule has 1 aliphatic rings. The van der Waals surface area contributed by atoms with Gasteiger partial charge in [-0.05, 0) is 49.3 Å². The summed E-state index contributed by atoms with van der Waals surface area (Å²) < 4.78 is 0. The molecule has 20 heavy (non-hydrogen) atoms. The number of rotatable bonds is 2. The van der Waals surface area contributed by atoms with Gasteiger partial charge in [-0.1, -0.05) is 12.1 Å². The zero-order chi connectivity index (χ0) is 13.8. The minimum Gasteiger partial charge on any atom is -0.289 e. The number of carbonyl (C=O) groups excluding carboxylic acids is 1. The number of allylic oxidation sites excluding steroid dienone is 2. The highest BCUT2D eigenvalue weighted by molar-refractivity contribution is 6.15. The first-order valence-corrected chi connectivity index (χ1v) is 6.61. The Bertz CT molecular complexity index is 613. The molecule has 0 radical (unpaired) electrons. The molecule has 2 aromatic rings. The molecule has 3 nitrogen and oxygen atoms in total. The van der Waals surface area contributed by atoms with Crippen LogP contribution in [0.25, 0.3) is 12.2 Å². The van der Waals surface area contributed by atoms with E-state index in [-0.39, 0.29) is 5.78 Å². The van der Waals surface area contributed by atoms with Crippen molar-refractivity contribution >= 4 is 17.9 Å². The van der Waals surface area contributed by atoms with Crippen molar-refractivity contribution in [1.82, 2.24) is 9.97 Å². The van der Waals surface area contributed by atoms with Gasteiger partial charge in [-0.15, -0.1) is 0 Å². The lowest BCUT2D eigenvalue weighted by Gasteiger charge is -1.96. The number of hydrogen-bond donors (Lipinski definition) is 0. The molecule has 0 spiro atoms. The van der Waals surface area contributed by atoms with E-state index >= 15 is 0 Å². The van der Waals surface area contributed by atoms with E-state index in [4.69, 9.17) is 0 Å². The average molecular weight is 262 g/mol. The van der Waals surface area contributed by atoms with Gasteiger partial charge >= 0.3 is 0 Å². The van der Waals surface area contributed by atoms with Gasteiger partial charge in [0.15, 0.2) is 5.78 Å². The first kappa shape index (κ1) is 12.5. The van der Waals surface area contributed by atoms with E-state index in [1.807, 2.05) is 48.6 Å². The standard InChI is InChI=1S/C17H14N2O/c20-17-13(11-15-5-1-3-9-18-15)7-8-14(17)12-16-6-2-4-10-19-16/h1-6,9-12H,7-8H2/b13-11-,14-12+. The predicted molar refractivity (Wildman–Crippen MR) is 78.7 cm³/mol. The van der Waals surface area contributed by atoms with Gasteiger partial charge in [0.1, 0.15) is 0 Å². The highest BCUT2D eigenvalue weighted by atomic mass is 16.1. The molecule has 1 saturated carbocycles. The Balaban J connectivity index is 1.85. The quantitative estimate of drug-likeness (QED) is 0.780. The van der Waals surface area contributed by atoms with Gasteiger partial charge in [-0.25, -0.2) is 0 Å². The van der Waals surface area contributed by atoms with Crippen molar-refractivity contribution in [1.29, 1.82) is 0 Å². The molecular formula is C17H14N2O. The second kappa shape index (κ2) is 5.61. The van der Waals surface area contributed by atoms with Crippen LogP contribution in [-0.2, 0) is 4.79 Å². The molecule has 1 fully saturated rings. The molecule has 0 saturated heterocycles. The monoisotopic (exact) mass is 262 g/mol. The summed E-state index contributed by atoms with van der Waals surface area (Å²) >= 11 is 0. The van der Waals surface area contributed by atoms with Gasteiger partial charge in [0.05, 0.1) is 11.4 Å². The lowest BCUT2D eigenvalue weighted by Crippen LogP contribution is -1.96. The molecule has 0 bridgehead atoms. The van der Waals surface area contributed by atoms with Gasteiger partial charge in [0.2, 0.25) is 0 Å². The zero-order valence-corrected chi connectivity index (χ0v) is 11.0. The normalized spacial score (nSPS) is 18.9. The smallest absolute Gasteiger partial charge is 0.185 e. The van der Waals surface area contributed by atoms with Crippen LogP contribution in [0.4, 0.5) is 0 Å². The van der Waals surface area contributed by atoms with Crippen LogP contribution in [0.1, 0.15) is 24.2 Å². The highest BCUT2D eigenvalue weighted by Gasteiger charge is 2.23. The van der Waals surface area contributed by atoms with Crippen LogP contribution in [0.2, 0.25) is 0 Å². The summed E-state index contributed by atoms with van der Waals surface area (Å²) in [4.78, 5) is 20.8. The molecule has 0 N–H and O–H groups in total. The van der Waals surface area contributed by atoms with Gasteiger partial charge in [-0.3, -0.25) is 14.8 Å². The first-order chi connectivity index (χ1) is 9.83. The van der Waals surface area contributed by atoms with Crippen molar-refractivity contribution in [3.8, 4) is 0 Å². The third-order valence-electron chi connectivity index (χ3n) is 3.27. The number of nitrogens with zero attached hydrogens (tertiary/aromatic N) is 2. The molecule has 0 aromatic carbocycles. The zero-order valence-electron chi connectivity index (χ0n) is 11.0. The van der Waals surface area contributed by atoms with Crippen LogP contribution in [0.15, 0.2) is 59.9 Å². The summed E-state index contributed by atoms with van der Waals surface area (Å²) in [6.45, 7) is 0. The molecule has 2 aromatic heterocycles. The molecule has 1 aliphatic carbocycles. The van der Waals surface area contributed by atoms with E-state index in [1.54, 1.807) is 12.4 Å². The Hall–Kier alpha value is -2.55. The Morgan fingerprint density at radius 2 is 1.30 bits per heavy atom. The molecule has 0 amide bonds. The maximum atomic E-state index is 12.3. The van der Waals surface area contributed by atoms with Crippen LogP contribution in [0, 0.1) is 0 Å². The topological polar surface area (TPSA) is 42.9 Å². The van der Waals surface area contributed by atoms with Crippen LogP contribution in [0.5, 0.6) is 0 Å². The van der Waals surface area contributed by atoms with Gasteiger partial charge in [0.25, 0.3) is 0 Å². The van der Waals surface area contributed by atoms with Crippen molar-refractivity contribution < 1.29 is 4.79 Å². The molecule has 0 aliphatic heterocycles. The van der Waals surface area contributed by atoms with Crippen molar-refractivity contribution in [2.24, 2.45) is 0 Å². The van der Waals surface area contributed by atoms with Crippen LogP contribution >= 0.6 is 0 Å². The fourth-order valence-electron chi connectivity index (χ4n) is 2.26. The van der Waals surface area contributed by atoms with E-state index in [9.17, 15) is 4.79 Å². The van der Waals surface area contributed by atoms with Gasteiger partial charge < -0.3 is 0 Å². The lowest BCUT2D eigenvalue weighted by atomic mass is 10.1. The van der Waals surface area contributed by atoms with Crippen LogP contribution in [0.3, 0.4) is 0 Å². The number of Topliss-reactive ketones (excluding diaryl/α,β-unsaturated/α-hetero) is 1. The fraction of sp³-hybridized carbons (Fsp3) is 0.118. The summed E-state index contributed by atoms with van der Waals surface area (Å²) in [6, 6.07) is 11.4. The highest BCUT2D eigenvalue weighted by Crippen LogP contribution is 2.28. The fourth-order valence-corrected chi connectivity index (χ4v) is 2.26. The first-order valence-electron chi connectivity index (χ1n) is 6.61. The predicted octanol–water partition coefficient (Wildman–Crippen LogP) is 3.31. The number of aromatic nitrogens is 2. The van der Waals surface area contributed by atoms with Gasteiger partial charge in [0, 0.05) is 23.5 Å². The van der Waals surface area contributed by atoms with E-state index in [0.29, 0.717) is 0 Å². The SMILES string of the molecule is O=C1/C(=C\c2ccccn2)CC/C1=C\c1ccccn1. The number of ketones is 1. The summed E-state index contributed by atoms with van der Waals surface area (Å²) in [6.07, 6.45) is 8.76. The average Bonchev–Trinajstić information content (AvgIpc) is 2.83. The third-order valence-corrected chi connectivity index (χ3v) is 3.27. The minimum atomic E-state index is 0.112. The Labute approximate surface area is 117 Å². The van der Waals surface area contributed by atoms with E-state index in [2.05, 4.69) is 9.97 Å². The maximum absolute atomic E-state index is 12.3. The largest absolute Gasteiger partial charge is 0.289 e. The Morgan fingerprint density at radius 1 is 0.800 bits per heavy atom. The molecule has 2 heterocycles. The molecule has 98 valence electrons. The van der Waals surface area contributed by atoms with E-state index in [1.165, 1.54) is 0 Å². The molecule has 0 atom stereocenters. The van der Waals surface area contributed by atoms with E-state index in [0.717, 1.165) is 35.4 Å². The summed E-state index contributed by atoms with van der Waals surface area (Å²) in [7, 11) is 0. The summed E-state index contributed by atoms with van der Waals surface area (Å²) in [5.74, 6) is 0.112. The Morgan fingerprint density at radius 3 is 1.70 bits per heavy atom. The molecule has 0 unspecified atom stereocenters. The number of hydrogen-bond acceptors (Lipinski definition) is 3. The molecule has 3 heteroatoms. The summed E-state index contributed by atoms with van der Waals surface area (Å²) in [5, 5.41) is 0. The van der Waals surface area contributed by atoms with Gasteiger partial charge in [-0.2, -0.15) is 0 Å². The van der Waals surface area contributed by atoms with E-state index < -0.39 is 0 Å². The lowest BCUT2D eigenvalue weighted by molar-refractivity contribution is -0.111. The van der Waals surface area contributed by atoms with Crippen molar-refractivity contribution in [2.45, 2.75) is 12.8 Å². The van der Waals surface area contributed by atoms with Crippen LogP contribution < -0.4 is 0 Å². The van der Waals surface area contributed by atoms with Crippen LogP contribution in [-0.4, -0.2) is 15.8 Å². The van der Waals surface area contributed by atoms with Crippen molar-refractivity contribution in [3.05, 3.63) is 71.3 Å². The Kier molecular flexibility index (Phi) is 3.50. The number of pyridine rings is 2. The molecular weight excluding hydrogens is 248 g/mol. The van der Waals surface area contributed by atoms with Crippen molar-refractivity contribution in [3.63, 3.8) is 0 Å². The third kappa shape index (κ3) is 2.72. The minimum absolute atomic E-state index is 0.112. The maximum Gasteiger partial charge on any atom is 0.185 e. The van der Waals surface area contributed by atoms with Crippen molar-refractivity contribution in [2.75, 3.05) is 0 Å². The second-order valence-corrected chi connectivity index (χ2v) is 4.68. The number of carbonyl (C=O) groups is 1. The molecule has 3 rings (SSSR count). The second-order valence-electron chi connectivity index (χ2n) is 4.68. The summed E-state index contributed by atoms with van der Waals surface area (Å²) in [5.41, 5.74) is 3.31.